The van der Waals surface area contributed by atoms with Gasteiger partial charge in [0.1, 0.15) is 5.82 Å². The van der Waals surface area contributed by atoms with E-state index in [0.717, 1.165) is 0 Å². The van der Waals surface area contributed by atoms with E-state index in [9.17, 15) is 9.18 Å². The average Bonchev–Trinajstić information content (AvgIpc) is 2.30. The van der Waals surface area contributed by atoms with Crippen LogP contribution in [-0.2, 0) is 0 Å². The summed E-state index contributed by atoms with van der Waals surface area (Å²) in [5.74, 6) is -0.0376. The summed E-state index contributed by atoms with van der Waals surface area (Å²) in [6.07, 6.45) is 0. The summed E-state index contributed by atoms with van der Waals surface area (Å²) in [5.41, 5.74) is 0.787. The molecule has 0 spiro atoms. The molecule has 1 rings (SSSR count). The maximum absolute atomic E-state index is 13.0. The third-order valence-corrected chi connectivity index (χ3v) is 3.23. The third kappa shape index (κ3) is 4.00. The van der Waals surface area contributed by atoms with Crippen molar-refractivity contribution in [2.75, 3.05) is 12.4 Å². The van der Waals surface area contributed by atoms with Crippen molar-refractivity contribution in [2.24, 2.45) is 5.41 Å². The summed E-state index contributed by atoms with van der Waals surface area (Å²) in [7, 11) is 0. The molecule has 17 heavy (non-hydrogen) atoms. The van der Waals surface area contributed by atoms with Crippen molar-refractivity contribution in [3.63, 3.8) is 0 Å². The average molecular weight is 258 g/mol. The Kier molecular flexibility index (Phi) is 4.52. The topological polar surface area (TPSA) is 29.1 Å². The second kappa shape index (κ2) is 5.50. The molecule has 1 aromatic carbocycles. The molecule has 0 radical (unpaired) electrons. The van der Waals surface area contributed by atoms with Crippen LogP contribution < -0.4 is 5.32 Å². The van der Waals surface area contributed by atoms with Gasteiger partial charge in [0, 0.05) is 18.0 Å². The summed E-state index contributed by atoms with van der Waals surface area (Å²) in [6.45, 7) is 6.06. The SMILES string of the molecule is Cc1cc(C(=O)NCC(C)(C)CCl)ccc1F. The number of carbonyl (C=O) groups is 1. The number of benzene rings is 1. The monoisotopic (exact) mass is 257 g/mol. The van der Waals surface area contributed by atoms with Gasteiger partial charge in [-0.1, -0.05) is 13.8 Å². The molecule has 1 amide bonds. The van der Waals surface area contributed by atoms with Crippen LogP contribution in [0, 0.1) is 18.2 Å². The first-order valence-corrected chi connectivity index (χ1v) is 5.99. The first-order valence-electron chi connectivity index (χ1n) is 5.46. The van der Waals surface area contributed by atoms with Crippen LogP contribution >= 0.6 is 11.6 Å². The van der Waals surface area contributed by atoms with Gasteiger partial charge in [0.25, 0.3) is 5.91 Å². The van der Waals surface area contributed by atoms with E-state index in [1.165, 1.54) is 12.1 Å². The lowest BCUT2D eigenvalue weighted by molar-refractivity contribution is 0.0939. The van der Waals surface area contributed by atoms with E-state index >= 15 is 0 Å². The number of halogens is 2. The number of rotatable bonds is 4. The minimum atomic E-state index is -0.303. The normalized spacial score (nSPS) is 11.4. The van der Waals surface area contributed by atoms with Crippen LogP contribution in [-0.4, -0.2) is 18.3 Å². The van der Waals surface area contributed by atoms with Gasteiger partial charge in [0.15, 0.2) is 0 Å². The van der Waals surface area contributed by atoms with Gasteiger partial charge in [-0.05, 0) is 36.1 Å². The minimum absolute atomic E-state index is 0.147. The van der Waals surface area contributed by atoms with Crippen LogP contribution in [0.1, 0.15) is 29.8 Å². The van der Waals surface area contributed by atoms with E-state index in [1.54, 1.807) is 13.0 Å². The molecule has 1 aromatic rings. The number of hydrogen-bond donors (Lipinski definition) is 1. The fourth-order valence-electron chi connectivity index (χ4n) is 1.25. The second-order valence-corrected chi connectivity index (χ2v) is 5.21. The van der Waals surface area contributed by atoms with Gasteiger partial charge in [-0.2, -0.15) is 0 Å². The smallest absolute Gasteiger partial charge is 0.251 e. The minimum Gasteiger partial charge on any atom is -0.351 e. The van der Waals surface area contributed by atoms with Crippen molar-refractivity contribution in [3.05, 3.63) is 35.1 Å². The maximum atomic E-state index is 13.0. The predicted octanol–water partition coefficient (Wildman–Crippen LogP) is 3.13. The number of carbonyl (C=O) groups excluding carboxylic acids is 1. The fourth-order valence-corrected chi connectivity index (χ4v) is 1.35. The lowest BCUT2D eigenvalue weighted by Crippen LogP contribution is -2.35. The number of nitrogens with one attached hydrogen (secondary N) is 1. The van der Waals surface area contributed by atoms with E-state index in [4.69, 9.17) is 11.6 Å². The Balaban J connectivity index is 2.68. The predicted molar refractivity (Wildman–Crippen MR) is 68.0 cm³/mol. The molecule has 4 heteroatoms. The van der Waals surface area contributed by atoms with Gasteiger partial charge < -0.3 is 5.32 Å². The summed E-state index contributed by atoms with van der Waals surface area (Å²) in [4.78, 5) is 11.8. The van der Waals surface area contributed by atoms with Crippen molar-refractivity contribution < 1.29 is 9.18 Å². The molecular weight excluding hydrogens is 241 g/mol. The van der Waals surface area contributed by atoms with Crippen LogP contribution in [0.3, 0.4) is 0 Å². The summed E-state index contributed by atoms with van der Waals surface area (Å²) in [6, 6.07) is 4.32. The highest BCUT2D eigenvalue weighted by Gasteiger charge is 2.18. The molecule has 0 saturated carbocycles. The molecular formula is C13H17ClFNO. The van der Waals surface area contributed by atoms with E-state index in [2.05, 4.69) is 5.32 Å². The van der Waals surface area contributed by atoms with Crippen molar-refractivity contribution in [1.82, 2.24) is 5.32 Å². The highest BCUT2D eigenvalue weighted by atomic mass is 35.5. The lowest BCUT2D eigenvalue weighted by Gasteiger charge is -2.21. The van der Waals surface area contributed by atoms with Crippen LogP contribution in [0.25, 0.3) is 0 Å². The van der Waals surface area contributed by atoms with Crippen molar-refractivity contribution >= 4 is 17.5 Å². The Morgan fingerprint density at radius 1 is 1.47 bits per heavy atom. The van der Waals surface area contributed by atoms with Gasteiger partial charge in [-0.3, -0.25) is 4.79 Å². The summed E-state index contributed by atoms with van der Waals surface area (Å²) >= 11 is 5.77. The Morgan fingerprint density at radius 3 is 2.65 bits per heavy atom. The van der Waals surface area contributed by atoms with Crippen LogP contribution in [0.5, 0.6) is 0 Å². The van der Waals surface area contributed by atoms with Crippen LogP contribution in [0.2, 0.25) is 0 Å². The van der Waals surface area contributed by atoms with E-state index < -0.39 is 0 Å². The van der Waals surface area contributed by atoms with Gasteiger partial charge in [-0.15, -0.1) is 11.6 Å². The molecule has 0 aliphatic heterocycles. The second-order valence-electron chi connectivity index (χ2n) is 4.94. The Morgan fingerprint density at radius 2 is 2.12 bits per heavy atom. The molecule has 1 N–H and O–H groups in total. The van der Waals surface area contributed by atoms with Crippen molar-refractivity contribution in [3.8, 4) is 0 Å². The molecule has 0 aliphatic rings. The maximum Gasteiger partial charge on any atom is 0.251 e. The molecule has 0 fully saturated rings. The first-order chi connectivity index (χ1) is 7.85. The number of alkyl halides is 1. The first kappa shape index (κ1) is 14.0. The molecule has 0 saturated heterocycles. The van der Waals surface area contributed by atoms with Gasteiger partial charge in [0.05, 0.1) is 0 Å². The number of aryl methyl sites for hydroxylation is 1. The molecule has 0 heterocycles. The molecule has 0 bridgehead atoms. The quantitative estimate of drug-likeness (QED) is 0.825. The molecule has 2 nitrogen and oxygen atoms in total. The van der Waals surface area contributed by atoms with Gasteiger partial charge in [-0.25, -0.2) is 4.39 Å². The van der Waals surface area contributed by atoms with Crippen LogP contribution in [0.15, 0.2) is 18.2 Å². The molecule has 0 aliphatic carbocycles. The summed E-state index contributed by atoms with van der Waals surface area (Å²) in [5, 5.41) is 2.79. The van der Waals surface area contributed by atoms with E-state index in [0.29, 0.717) is 23.6 Å². The van der Waals surface area contributed by atoms with Gasteiger partial charge >= 0.3 is 0 Å². The zero-order valence-corrected chi connectivity index (χ0v) is 11.1. The largest absolute Gasteiger partial charge is 0.351 e. The lowest BCUT2D eigenvalue weighted by atomic mass is 9.96. The fraction of sp³-hybridized carbons (Fsp3) is 0.462. The highest BCUT2D eigenvalue weighted by Crippen LogP contribution is 2.15. The van der Waals surface area contributed by atoms with Crippen molar-refractivity contribution in [2.45, 2.75) is 20.8 Å². The number of hydrogen-bond acceptors (Lipinski definition) is 1. The zero-order chi connectivity index (χ0) is 13.1. The van der Waals surface area contributed by atoms with Crippen molar-refractivity contribution in [1.29, 1.82) is 0 Å². The number of amides is 1. The third-order valence-electron chi connectivity index (χ3n) is 2.51. The van der Waals surface area contributed by atoms with E-state index in [1.807, 2.05) is 13.8 Å². The Labute approximate surface area is 106 Å². The zero-order valence-electron chi connectivity index (χ0n) is 10.3. The summed E-state index contributed by atoms with van der Waals surface area (Å²) < 4.78 is 13.0. The highest BCUT2D eigenvalue weighted by molar-refractivity contribution is 6.18. The Bertz CT molecular complexity index is 418. The van der Waals surface area contributed by atoms with Gasteiger partial charge in [0.2, 0.25) is 0 Å². The Hall–Kier alpha value is -1.09. The molecule has 0 unspecified atom stereocenters. The standard InChI is InChI=1S/C13H17ClFNO/c1-9-6-10(4-5-11(9)15)12(17)16-8-13(2,3)7-14/h4-6H,7-8H2,1-3H3,(H,16,17). The van der Waals surface area contributed by atoms with E-state index in [-0.39, 0.29) is 17.1 Å². The molecule has 94 valence electrons. The molecule has 0 atom stereocenters. The van der Waals surface area contributed by atoms with Crippen LogP contribution in [0.4, 0.5) is 4.39 Å². The molecule has 0 aromatic heterocycles.